The average molecular weight is 365 g/mol. The zero-order valence-electron chi connectivity index (χ0n) is 14.8. The van der Waals surface area contributed by atoms with E-state index in [1.165, 1.54) is 6.07 Å². The lowest BCUT2D eigenvalue weighted by molar-refractivity contribution is -0.118. The number of carboxylic acids is 1. The van der Waals surface area contributed by atoms with Crippen LogP contribution < -0.4 is 14.8 Å². The number of benzene rings is 3. The summed E-state index contributed by atoms with van der Waals surface area (Å²) in [5, 5.41) is 13.6. The standard InChI is InChI=1S/C21H19NO5/c1-2-26-18-10-6-5-9-17(18)22-19(23)13-27-20-15-8-4-3-7-14(15)11-12-16(20)21(24)25/h3-12H,2,13H2,1H3,(H,22,23)(H,24,25). The molecule has 0 saturated carbocycles. The highest BCUT2D eigenvalue weighted by Gasteiger charge is 2.16. The number of hydrogen-bond acceptors (Lipinski definition) is 4. The van der Waals surface area contributed by atoms with Gasteiger partial charge in [-0.25, -0.2) is 4.79 Å². The van der Waals surface area contributed by atoms with Gasteiger partial charge in [0.15, 0.2) is 6.61 Å². The molecule has 0 heterocycles. The minimum Gasteiger partial charge on any atom is -0.492 e. The highest BCUT2D eigenvalue weighted by atomic mass is 16.5. The summed E-state index contributed by atoms with van der Waals surface area (Å²) in [6.45, 7) is 2.01. The molecule has 3 aromatic rings. The van der Waals surface area contributed by atoms with Crippen LogP contribution in [0.5, 0.6) is 11.5 Å². The van der Waals surface area contributed by atoms with Crippen molar-refractivity contribution in [2.24, 2.45) is 0 Å². The van der Waals surface area contributed by atoms with Gasteiger partial charge in [-0.2, -0.15) is 0 Å². The summed E-state index contributed by atoms with van der Waals surface area (Å²) in [6, 6.07) is 17.5. The molecule has 0 spiro atoms. The van der Waals surface area contributed by atoms with E-state index in [1.807, 2.05) is 25.1 Å². The lowest BCUT2D eigenvalue weighted by Crippen LogP contribution is -2.21. The Labute approximate surface area is 156 Å². The van der Waals surface area contributed by atoms with Crippen LogP contribution >= 0.6 is 0 Å². The van der Waals surface area contributed by atoms with Crippen LogP contribution in [0.25, 0.3) is 10.8 Å². The van der Waals surface area contributed by atoms with Gasteiger partial charge in [0.05, 0.1) is 12.3 Å². The number of rotatable bonds is 7. The summed E-state index contributed by atoms with van der Waals surface area (Å²) in [7, 11) is 0. The monoisotopic (exact) mass is 365 g/mol. The first-order valence-electron chi connectivity index (χ1n) is 8.49. The number of carboxylic acid groups (broad SMARTS) is 1. The quantitative estimate of drug-likeness (QED) is 0.662. The third-order valence-electron chi connectivity index (χ3n) is 3.92. The van der Waals surface area contributed by atoms with Gasteiger partial charge < -0.3 is 19.9 Å². The Balaban J connectivity index is 1.80. The number of aromatic carboxylic acids is 1. The summed E-state index contributed by atoms with van der Waals surface area (Å²) in [4.78, 5) is 23.8. The fourth-order valence-corrected chi connectivity index (χ4v) is 2.74. The van der Waals surface area contributed by atoms with Gasteiger partial charge in [-0.3, -0.25) is 4.79 Å². The number of ether oxygens (including phenoxy) is 2. The summed E-state index contributed by atoms with van der Waals surface area (Å²) in [5.74, 6) is -0.789. The van der Waals surface area contributed by atoms with Crippen molar-refractivity contribution in [1.82, 2.24) is 0 Å². The van der Waals surface area contributed by atoms with Gasteiger partial charge in [0, 0.05) is 5.39 Å². The number of carbonyl (C=O) groups excluding carboxylic acids is 1. The van der Waals surface area contributed by atoms with Crippen LogP contribution in [0.15, 0.2) is 60.7 Å². The van der Waals surface area contributed by atoms with Crippen LogP contribution in [0.1, 0.15) is 17.3 Å². The van der Waals surface area contributed by atoms with Crippen molar-refractivity contribution in [2.45, 2.75) is 6.92 Å². The van der Waals surface area contributed by atoms with Gasteiger partial charge in [0.2, 0.25) is 0 Å². The predicted molar refractivity (Wildman–Crippen MR) is 103 cm³/mol. The minimum absolute atomic E-state index is 0.0104. The molecule has 0 aliphatic heterocycles. The van der Waals surface area contributed by atoms with Gasteiger partial charge in [-0.05, 0) is 30.5 Å². The molecule has 6 nitrogen and oxygen atoms in total. The Kier molecular flexibility index (Phi) is 5.56. The highest BCUT2D eigenvalue weighted by Crippen LogP contribution is 2.30. The maximum Gasteiger partial charge on any atom is 0.339 e. The molecule has 0 saturated heterocycles. The van der Waals surface area contributed by atoms with E-state index in [-0.39, 0.29) is 17.9 Å². The molecule has 0 aliphatic rings. The van der Waals surface area contributed by atoms with E-state index in [4.69, 9.17) is 9.47 Å². The predicted octanol–water partition coefficient (Wildman–Crippen LogP) is 3.95. The van der Waals surface area contributed by atoms with Crippen molar-refractivity contribution in [3.05, 3.63) is 66.2 Å². The lowest BCUT2D eigenvalue weighted by Gasteiger charge is -2.14. The van der Waals surface area contributed by atoms with Gasteiger partial charge in [-0.15, -0.1) is 0 Å². The van der Waals surface area contributed by atoms with Crippen LogP contribution in [0, 0.1) is 0 Å². The van der Waals surface area contributed by atoms with E-state index in [9.17, 15) is 14.7 Å². The largest absolute Gasteiger partial charge is 0.492 e. The van der Waals surface area contributed by atoms with Crippen molar-refractivity contribution in [3.8, 4) is 11.5 Å². The van der Waals surface area contributed by atoms with Crippen molar-refractivity contribution >= 4 is 28.3 Å². The zero-order valence-corrected chi connectivity index (χ0v) is 14.8. The van der Waals surface area contributed by atoms with Crippen LogP contribution in [-0.2, 0) is 4.79 Å². The molecular formula is C21H19NO5. The van der Waals surface area contributed by atoms with E-state index < -0.39 is 11.9 Å². The number of amides is 1. The second-order valence-electron chi connectivity index (χ2n) is 5.73. The maximum atomic E-state index is 12.3. The molecule has 2 N–H and O–H groups in total. The van der Waals surface area contributed by atoms with Gasteiger partial charge in [0.25, 0.3) is 5.91 Å². The number of carbonyl (C=O) groups is 2. The first kappa shape index (κ1) is 18.3. The molecule has 0 bridgehead atoms. The second kappa shape index (κ2) is 8.23. The smallest absolute Gasteiger partial charge is 0.339 e. The Morgan fingerprint density at radius 1 is 0.963 bits per heavy atom. The molecule has 0 radical (unpaired) electrons. The van der Waals surface area contributed by atoms with Gasteiger partial charge in [-0.1, -0.05) is 42.5 Å². The summed E-state index contributed by atoms with van der Waals surface area (Å²) in [6.07, 6.45) is 0. The number of fused-ring (bicyclic) bond motifs is 1. The molecular weight excluding hydrogens is 346 g/mol. The Hall–Kier alpha value is -3.54. The molecule has 0 aliphatic carbocycles. The van der Waals surface area contributed by atoms with E-state index in [0.717, 1.165) is 5.39 Å². The van der Waals surface area contributed by atoms with Gasteiger partial charge >= 0.3 is 5.97 Å². The molecule has 0 aromatic heterocycles. The molecule has 1 amide bonds. The molecule has 6 heteroatoms. The number of hydrogen-bond donors (Lipinski definition) is 2. The first-order chi connectivity index (χ1) is 13.1. The van der Waals surface area contributed by atoms with Crippen LogP contribution in [0.3, 0.4) is 0 Å². The van der Waals surface area contributed by atoms with Crippen molar-refractivity contribution in [1.29, 1.82) is 0 Å². The van der Waals surface area contributed by atoms with E-state index in [2.05, 4.69) is 5.32 Å². The Morgan fingerprint density at radius 3 is 2.48 bits per heavy atom. The lowest BCUT2D eigenvalue weighted by atomic mass is 10.1. The molecule has 3 aromatic carbocycles. The van der Waals surface area contributed by atoms with Gasteiger partial charge in [0.1, 0.15) is 17.1 Å². The number of nitrogens with one attached hydrogen (secondary N) is 1. The zero-order chi connectivity index (χ0) is 19.2. The fraction of sp³-hybridized carbons (Fsp3) is 0.143. The number of para-hydroxylation sites is 2. The van der Waals surface area contributed by atoms with E-state index >= 15 is 0 Å². The molecule has 0 unspecified atom stereocenters. The Morgan fingerprint density at radius 2 is 1.70 bits per heavy atom. The van der Waals surface area contributed by atoms with E-state index in [0.29, 0.717) is 23.4 Å². The summed E-state index contributed by atoms with van der Waals surface area (Å²) >= 11 is 0. The van der Waals surface area contributed by atoms with Crippen molar-refractivity contribution in [3.63, 3.8) is 0 Å². The van der Waals surface area contributed by atoms with Crippen LogP contribution in [-0.4, -0.2) is 30.2 Å². The van der Waals surface area contributed by atoms with E-state index in [1.54, 1.807) is 36.4 Å². The fourth-order valence-electron chi connectivity index (χ4n) is 2.74. The number of anilines is 1. The first-order valence-corrected chi connectivity index (χ1v) is 8.49. The van der Waals surface area contributed by atoms with Crippen LogP contribution in [0.2, 0.25) is 0 Å². The third kappa shape index (κ3) is 4.17. The van der Waals surface area contributed by atoms with Crippen molar-refractivity contribution < 1.29 is 24.2 Å². The summed E-state index contributed by atoms with van der Waals surface area (Å²) < 4.78 is 11.1. The third-order valence-corrected chi connectivity index (χ3v) is 3.92. The maximum absolute atomic E-state index is 12.3. The van der Waals surface area contributed by atoms with Crippen molar-refractivity contribution in [2.75, 3.05) is 18.5 Å². The second-order valence-corrected chi connectivity index (χ2v) is 5.73. The molecule has 0 fully saturated rings. The molecule has 27 heavy (non-hydrogen) atoms. The molecule has 3 rings (SSSR count). The topological polar surface area (TPSA) is 84.9 Å². The Bertz CT molecular complexity index is 983. The normalized spacial score (nSPS) is 10.4. The van der Waals surface area contributed by atoms with Crippen LogP contribution in [0.4, 0.5) is 5.69 Å². The SMILES string of the molecule is CCOc1ccccc1NC(=O)COc1c(C(=O)O)ccc2ccccc12. The minimum atomic E-state index is -1.11. The molecule has 138 valence electrons. The highest BCUT2D eigenvalue weighted by molar-refractivity contribution is 6.01. The summed E-state index contributed by atoms with van der Waals surface area (Å²) in [5.41, 5.74) is 0.542. The molecule has 0 atom stereocenters. The average Bonchev–Trinajstić information content (AvgIpc) is 2.67.